The lowest BCUT2D eigenvalue weighted by atomic mass is 9.86. The summed E-state index contributed by atoms with van der Waals surface area (Å²) in [5, 5.41) is 59.2. The molecule has 1 atom stereocenters. The molecule has 3 aromatic rings. The number of nitrogens with two attached hydrogens (primary N) is 2. The molecule has 14 nitrogen and oxygen atoms in total. The van der Waals surface area contributed by atoms with E-state index in [1.165, 1.54) is 12.1 Å². The SMILES string of the molecule is CC1CC=C(c2cccc([N+](=O)[O-])c2O)C=C1C(N=NN)=NNc1cccc(-c2cccc(C(=N)N=NN)c2)c1O. The van der Waals surface area contributed by atoms with Crippen molar-refractivity contribution in [2.45, 2.75) is 13.3 Å². The summed E-state index contributed by atoms with van der Waals surface area (Å²) in [5.41, 5.74) is 5.62. The van der Waals surface area contributed by atoms with Crippen molar-refractivity contribution < 1.29 is 15.1 Å². The highest BCUT2D eigenvalue weighted by Gasteiger charge is 2.24. The molecule has 0 radical (unpaired) electrons. The van der Waals surface area contributed by atoms with E-state index in [4.69, 9.17) is 17.1 Å². The first kappa shape index (κ1) is 28.1. The summed E-state index contributed by atoms with van der Waals surface area (Å²) >= 11 is 0. The summed E-state index contributed by atoms with van der Waals surface area (Å²) in [6, 6.07) is 16.1. The van der Waals surface area contributed by atoms with Gasteiger partial charge in [-0.3, -0.25) is 20.9 Å². The normalized spacial score (nSPS) is 15.5. The Hall–Kier alpha value is -5.92. The molecule has 208 valence electrons. The Labute approximate surface area is 233 Å². The lowest BCUT2D eigenvalue weighted by molar-refractivity contribution is -0.385. The maximum Gasteiger partial charge on any atom is 0.311 e. The Bertz CT molecular complexity index is 1660. The van der Waals surface area contributed by atoms with Crippen molar-refractivity contribution in [3.63, 3.8) is 0 Å². The molecule has 14 heteroatoms. The van der Waals surface area contributed by atoms with Gasteiger partial charge in [0.15, 0.2) is 11.7 Å². The fraction of sp³-hybridized carbons (Fsp3) is 0.111. The molecule has 0 fully saturated rings. The van der Waals surface area contributed by atoms with Crippen molar-refractivity contribution >= 4 is 28.6 Å². The third kappa shape index (κ3) is 6.06. The van der Waals surface area contributed by atoms with Gasteiger partial charge in [0.1, 0.15) is 5.75 Å². The Morgan fingerprint density at radius 1 is 1.02 bits per heavy atom. The number of hydrogen-bond donors (Lipinski definition) is 6. The van der Waals surface area contributed by atoms with Crippen LogP contribution in [0.1, 0.15) is 24.5 Å². The summed E-state index contributed by atoms with van der Waals surface area (Å²) in [5.74, 6) is 9.75. The van der Waals surface area contributed by atoms with Crippen LogP contribution in [0.2, 0.25) is 0 Å². The topological polar surface area (TPSA) is 233 Å². The van der Waals surface area contributed by atoms with Gasteiger partial charge in [-0.05, 0) is 41.7 Å². The number of anilines is 1. The number of amidine groups is 2. The molecule has 0 saturated heterocycles. The van der Waals surface area contributed by atoms with Crippen molar-refractivity contribution in [1.29, 1.82) is 5.41 Å². The van der Waals surface area contributed by atoms with Gasteiger partial charge in [-0.1, -0.05) is 65.9 Å². The second-order valence-electron chi connectivity index (χ2n) is 8.94. The zero-order valence-electron chi connectivity index (χ0n) is 21.8. The van der Waals surface area contributed by atoms with Crippen LogP contribution in [0.25, 0.3) is 16.7 Å². The number of nitro groups is 1. The monoisotopic (exact) mass is 554 g/mol. The Morgan fingerprint density at radius 2 is 1.73 bits per heavy atom. The molecule has 0 aromatic heterocycles. The molecule has 0 bridgehead atoms. The van der Waals surface area contributed by atoms with Gasteiger partial charge >= 0.3 is 5.69 Å². The molecule has 0 aliphatic heterocycles. The van der Waals surface area contributed by atoms with Crippen molar-refractivity contribution in [3.8, 4) is 22.6 Å². The summed E-state index contributed by atoms with van der Waals surface area (Å²) in [4.78, 5) is 10.6. The standard InChI is InChI=1S/C27H26N10O4/c1-15-11-12-17(20-8-4-10-23(25(20)39)37(40)41)14-21(15)27(34-36-30)33-31-22-9-3-7-19(24(22)38)16-5-2-6-18(13-16)26(28)32-35-29/h2-10,12-15,31,38-39H,11H2,1H3,(H3,28,29,32)(H2,30,33,34). The number of nitro benzene ring substituents is 1. The second-order valence-corrected chi connectivity index (χ2v) is 8.94. The first-order chi connectivity index (χ1) is 19.7. The van der Waals surface area contributed by atoms with Crippen LogP contribution in [0, 0.1) is 21.4 Å². The van der Waals surface area contributed by atoms with Crippen LogP contribution in [-0.2, 0) is 0 Å². The fourth-order valence-electron chi connectivity index (χ4n) is 4.31. The van der Waals surface area contributed by atoms with Crippen LogP contribution >= 0.6 is 0 Å². The highest BCUT2D eigenvalue weighted by atomic mass is 16.6. The van der Waals surface area contributed by atoms with Crippen LogP contribution in [0.5, 0.6) is 11.5 Å². The van der Waals surface area contributed by atoms with Gasteiger partial charge in [0.05, 0.1) is 10.6 Å². The maximum absolute atomic E-state index is 11.3. The Balaban J connectivity index is 1.68. The summed E-state index contributed by atoms with van der Waals surface area (Å²) in [6.45, 7) is 1.93. The van der Waals surface area contributed by atoms with Crippen LogP contribution in [-0.4, -0.2) is 26.8 Å². The molecule has 0 amide bonds. The average Bonchev–Trinajstić information content (AvgIpc) is 2.96. The highest BCUT2D eigenvalue weighted by molar-refractivity contribution is 6.03. The van der Waals surface area contributed by atoms with Gasteiger partial charge in [-0.15, -0.1) is 10.2 Å². The quantitative estimate of drug-likeness (QED) is 0.0421. The molecule has 0 heterocycles. The molecular formula is C27H26N10O4. The minimum absolute atomic E-state index is 0.0886. The van der Waals surface area contributed by atoms with Gasteiger partial charge in [0.25, 0.3) is 0 Å². The van der Waals surface area contributed by atoms with Crippen molar-refractivity contribution in [2.24, 2.45) is 43.4 Å². The molecule has 0 spiro atoms. The van der Waals surface area contributed by atoms with Crippen molar-refractivity contribution in [2.75, 3.05) is 5.43 Å². The predicted octanol–water partition coefficient (Wildman–Crippen LogP) is 5.43. The van der Waals surface area contributed by atoms with E-state index >= 15 is 0 Å². The van der Waals surface area contributed by atoms with E-state index in [0.29, 0.717) is 34.3 Å². The van der Waals surface area contributed by atoms with Crippen molar-refractivity contribution in [3.05, 3.63) is 99.6 Å². The first-order valence-electron chi connectivity index (χ1n) is 12.2. The molecule has 0 saturated carbocycles. The predicted molar refractivity (Wildman–Crippen MR) is 154 cm³/mol. The van der Waals surface area contributed by atoms with Crippen LogP contribution in [0.15, 0.2) is 104 Å². The van der Waals surface area contributed by atoms with Gasteiger partial charge in [-0.25, -0.2) is 0 Å². The van der Waals surface area contributed by atoms with E-state index in [0.717, 1.165) is 0 Å². The molecule has 4 rings (SSSR count). The lowest BCUT2D eigenvalue weighted by Gasteiger charge is -2.20. The molecule has 1 aliphatic carbocycles. The molecule has 1 unspecified atom stereocenters. The van der Waals surface area contributed by atoms with Gasteiger partial charge in [-0.2, -0.15) is 5.10 Å². The molecule has 41 heavy (non-hydrogen) atoms. The van der Waals surface area contributed by atoms with Gasteiger partial charge in [0, 0.05) is 28.3 Å². The highest BCUT2D eigenvalue weighted by Crippen LogP contribution is 2.39. The number of rotatable bonds is 7. The number of benzene rings is 3. The molecular weight excluding hydrogens is 528 g/mol. The average molecular weight is 555 g/mol. The molecule has 8 N–H and O–H groups in total. The summed E-state index contributed by atoms with van der Waals surface area (Å²) < 4.78 is 0. The third-order valence-corrected chi connectivity index (χ3v) is 6.39. The fourth-order valence-corrected chi connectivity index (χ4v) is 4.31. The number of phenolic OH excluding ortho intramolecular Hbond substituents is 2. The van der Waals surface area contributed by atoms with Crippen LogP contribution < -0.4 is 17.1 Å². The summed E-state index contributed by atoms with van der Waals surface area (Å²) in [6.07, 6.45) is 4.09. The number of para-hydroxylation sites is 2. The molecule has 3 aromatic carbocycles. The first-order valence-corrected chi connectivity index (χ1v) is 12.2. The van der Waals surface area contributed by atoms with E-state index in [1.54, 1.807) is 54.6 Å². The van der Waals surface area contributed by atoms with Crippen molar-refractivity contribution in [1.82, 2.24) is 0 Å². The van der Waals surface area contributed by atoms with E-state index in [1.807, 2.05) is 13.0 Å². The van der Waals surface area contributed by atoms with Crippen LogP contribution in [0.4, 0.5) is 11.4 Å². The zero-order valence-corrected chi connectivity index (χ0v) is 21.8. The lowest BCUT2D eigenvalue weighted by Crippen LogP contribution is -2.14. The largest absolute Gasteiger partial charge is 0.505 e. The number of hydrogen-bond acceptors (Lipinski definition) is 9. The number of nitrogens with zero attached hydrogens (tertiary/aromatic N) is 6. The van der Waals surface area contributed by atoms with E-state index in [9.17, 15) is 20.3 Å². The Kier molecular flexibility index (Phi) is 8.42. The number of nitrogens with one attached hydrogen (secondary N) is 2. The number of allylic oxidation sites excluding steroid dienone is 3. The van der Waals surface area contributed by atoms with Gasteiger partial charge in [0.2, 0.25) is 5.75 Å². The van der Waals surface area contributed by atoms with Crippen LogP contribution in [0.3, 0.4) is 0 Å². The minimum Gasteiger partial charge on any atom is -0.505 e. The number of hydrazone groups is 1. The maximum atomic E-state index is 11.3. The summed E-state index contributed by atoms with van der Waals surface area (Å²) in [7, 11) is 0. The van der Waals surface area contributed by atoms with E-state index in [-0.39, 0.29) is 34.6 Å². The second kappa shape index (κ2) is 12.3. The number of phenols is 2. The third-order valence-electron chi connectivity index (χ3n) is 6.39. The Morgan fingerprint density at radius 3 is 2.46 bits per heavy atom. The molecule has 1 aliphatic rings. The number of aromatic hydroxyl groups is 2. The van der Waals surface area contributed by atoms with Gasteiger partial charge < -0.3 is 21.9 Å². The van der Waals surface area contributed by atoms with E-state index < -0.39 is 16.4 Å². The zero-order chi connectivity index (χ0) is 29.5. The smallest absolute Gasteiger partial charge is 0.311 e. The van der Waals surface area contributed by atoms with E-state index in [2.05, 4.69) is 31.2 Å². The minimum atomic E-state index is -0.652.